The van der Waals surface area contributed by atoms with Crippen molar-refractivity contribution >= 4 is 0 Å². The van der Waals surface area contributed by atoms with Gasteiger partial charge in [0.15, 0.2) is 0 Å². The van der Waals surface area contributed by atoms with Crippen molar-refractivity contribution < 1.29 is 20.1 Å². The highest BCUT2D eigenvalue weighted by Crippen LogP contribution is 2.26. The first kappa shape index (κ1) is 10.9. The van der Waals surface area contributed by atoms with E-state index in [2.05, 4.69) is 0 Å². The van der Waals surface area contributed by atoms with E-state index in [1.807, 2.05) is 6.92 Å². The van der Waals surface area contributed by atoms with Gasteiger partial charge in [0, 0.05) is 5.92 Å². The monoisotopic (exact) mass is 190 g/mol. The van der Waals surface area contributed by atoms with Gasteiger partial charge in [-0.3, -0.25) is 0 Å². The Morgan fingerprint density at radius 3 is 2.15 bits per heavy atom. The second kappa shape index (κ2) is 4.37. The van der Waals surface area contributed by atoms with E-state index in [0.717, 1.165) is 0 Å². The van der Waals surface area contributed by atoms with Crippen molar-refractivity contribution in [3.63, 3.8) is 0 Å². The minimum atomic E-state index is -0.775. The van der Waals surface area contributed by atoms with Gasteiger partial charge >= 0.3 is 0 Å². The van der Waals surface area contributed by atoms with Crippen LogP contribution in [-0.2, 0) is 4.74 Å². The van der Waals surface area contributed by atoms with Gasteiger partial charge in [0.1, 0.15) is 6.10 Å². The van der Waals surface area contributed by atoms with E-state index in [-0.39, 0.29) is 18.6 Å². The molecule has 13 heavy (non-hydrogen) atoms. The van der Waals surface area contributed by atoms with Gasteiger partial charge in [-0.15, -0.1) is 0 Å². The van der Waals surface area contributed by atoms with Crippen molar-refractivity contribution in [1.82, 2.24) is 0 Å². The normalized spacial score (nSPS) is 46.4. The molecule has 4 nitrogen and oxygen atoms in total. The maximum atomic E-state index is 9.65. The molecule has 5 atom stereocenters. The Hall–Kier alpha value is -0.160. The first-order chi connectivity index (χ1) is 6.11. The van der Waals surface area contributed by atoms with Gasteiger partial charge in [-0.25, -0.2) is 0 Å². The van der Waals surface area contributed by atoms with Crippen molar-refractivity contribution in [2.45, 2.75) is 44.7 Å². The fourth-order valence-electron chi connectivity index (χ4n) is 1.75. The Bertz CT molecular complexity index is 142. The number of aliphatic hydroxyl groups is 3. The second-order valence-corrected chi connectivity index (χ2v) is 3.64. The van der Waals surface area contributed by atoms with Crippen LogP contribution in [0, 0.1) is 5.92 Å². The summed E-state index contributed by atoms with van der Waals surface area (Å²) in [6, 6.07) is 0. The number of ether oxygens (including phenoxy) is 1. The second-order valence-electron chi connectivity index (χ2n) is 3.64. The van der Waals surface area contributed by atoms with E-state index in [1.165, 1.54) is 0 Å². The third kappa shape index (κ3) is 2.02. The Kier molecular flexibility index (Phi) is 3.67. The lowest BCUT2D eigenvalue weighted by Crippen LogP contribution is -2.54. The predicted octanol–water partition coefficient (Wildman–Crippen LogP) is -0.486. The van der Waals surface area contributed by atoms with Crippen LogP contribution in [-0.4, -0.2) is 46.3 Å². The van der Waals surface area contributed by atoms with Gasteiger partial charge in [0.2, 0.25) is 0 Å². The van der Waals surface area contributed by atoms with Crippen LogP contribution in [0.15, 0.2) is 0 Å². The van der Waals surface area contributed by atoms with Crippen LogP contribution < -0.4 is 0 Å². The summed E-state index contributed by atoms with van der Waals surface area (Å²) in [5.74, 6) is -0.240. The molecule has 0 amide bonds. The number of hydrogen-bond donors (Lipinski definition) is 3. The van der Waals surface area contributed by atoms with Crippen LogP contribution in [0.4, 0.5) is 0 Å². The molecule has 1 rings (SSSR count). The van der Waals surface area contributed by atoms with Crippen molar-refractivity contribution in [1.29, 1.82) is 0 Å². The van der Waals surface area contributed by atoms with Crippen molar-refractivity contribution in [2.24, 2.45) is 5.92 Å². The van der Waals surface area contributed by atoms with E-state index in [0.29, 0.717) is 6.42 Å². The zero-order chi connectivity index (χ0) is 10.0. The molecule has 0 aliphatic carbocycles. The summed E-state index contributed by atoms with van der Waals surface area (Å²) < 4.78 is 5.33. The third-order valence-corrected chi connectivity index (χ3v) is 2.77. The van der Waals surface area contributed by atoms with Gasteiger partial charge in [-0.1, -0.05) is 13.8 Å². The van der Waals surface area contributed by atoms with E-state index < -0.39 is 18.3 Å². The largest absolute Gasteiger partial charge is 0.394 e. The van der Waals surface area contributed by atoms with Gasteiger partial charge in [-0.05, 0) is 6.42 Å². The zero-order valence-electron chi connectivity index (χ0n) is 8.05. The molecule has 0 spiro atoms. The third-order valence-electron chi connectivity index (χ3n) is 2.77. The molecule has 78 valence electrons. The molecule has 5 unspecified atom stereocenters. The average molecular weight is 190 g/mol. The summed E-state index contributed by atoms with van der Waals surface area (Å²) in [7, 11) is 0. The Morgan fingerprint density at radius 1 is 1.15 bits per heavy atom. The summed E-state index contributed by atoms with van der Waals surface area (Å²) in [4.78, 5) is 0. The molecule has 1 aliphatic heterocycles. The van der Waals surface area contributed by atoms with Gasteiger partial charge in [0.05, 0.1) is 24.9 Å². The fraction of sp³-hybridized carbons (Fsp3) is 1.00. The lowest BCUT2D eigenvalue weighted by Gasteiger charge is -2.40. The quantitative estimate of drug-likeness (QED) is 0.550. The standard InChI is InChI=1S/C9H18O4/c1-3-6-8(11)5(2)9(12)7(4-10)13-6/h5-12H,3-4H2,1-2H3. The molecule has 3 N–H and O–H groups in total. The molecule has 0 saturated carbocycles. The fourth-order valence-corrected chi connectivity index (χ4v) is 1.75. The SMILES string of the molecule is CCC1OC(CO)C(O)C(C)C1O. The van der Waals surface area contributed by atoms with Crippen LogP contribution in [0.25, 0.3) is 0 Å². The highest BCUT2D eigenvalue weighted by Gasteiger charge is 2.40. The van der Waals surface area contributed by atoms with Crippen molar-refractivity contribution in [3.8, 4) is 0 Å². The molecular weight excluding hydrogens is 172 g/mol. The minimum Gasteiger partial charge on any atom is -0.394 e. The summed E-state index contributed by atoms with van der Waals surface area (Å²) in [5.41, 5.74) is 0. The molecule has 0 bridgehead atoms. The Balaban J connectivity index is 2.66. The summed E-state index contributed by atoms with van der Waals surface area (Å²) in [5, 5.41) is 28.1. The maximum absolute atomic E-state index is 9.65. The van der Waals surface area contributed by atoms with E-state index in [4.69, 9.17) is 9.84 Å². The molecule has 1 fully saturated rings. The molecular formula is C9H18O4. The maximum Gasteiger partial charge on any atom is 0.107 e. The van der Waals surface area contributed by atoms with Crippen LogP contribution in [0.1, 0.15) is 20.3 Å². The van der Waals surface area contributed by atoms with E-state index in [1.54, 1.807) is 6.92 Å². The van der Waals surface area contributed by atoms with E-state index >= 15 is 0 Å². The Morgan fingerprint density at radius 2 is 1.69 bits per heavy atom. The number of aliphatic hydroxyl groups excluding tert-OH is 3. The first-order valence-electron chi connectivity index (χ1n) is 4.74. The van der Waals surface area contributed by atoms with Gasteiger partial charge < -0.3 is 20.1 Å². The highest BCUT2D eigenvalue weighted by molar-refractivity contribution is 4.88. The molecule has 0 aromatic heterocycles. The average Bonchev–Trinajstić information content (AvgIpc) is 2.15. The van der Waals surface area contributed by atoms with Gasteiger partial charge in [0.25, 0.3) is 0 Å². The Labute approximate surface area is 78.1 Å². The van der Waals surface area contributed by atoms with Crippen LogP contribution >= 0.6 is 0 Å². The summed E-state index contributed by atoms with van der Waals surface area (Å²) >= 11 is 0. The summed E-state index contributed by atoms with van der Waals surface area (Å²) in [6.45, 7) is 3.48. The molecule has 4 heteroatoms. The van der Waals surface area contributed by atoms with Crippen LogP contribution in [0.3, 0.4) is 0 Å². The molecule has 1 saturated heterocycles. The highest BCUT2D eigenvalue weighted by atomic mass is 16.5. The molecule has 0 aromatic carbocycles. The van der Waals surface area contributed by atoms with Gasteiger partial charge in [-0.2, -0.15) is 0 Å². The number of hydrogen-bond acceptors (Lipinski definition) is 4. The van der Waals surface area contributed by atoms with Crippen LogP contribution in [0.2, 0.25) is 0 Å². The predicted molar refractivity (Wildman–Crippen MR) is 47.2 cm³/mol. The van der Waals surface area contributed by atoms with E-state index in [9.17, 15) is 10.2 Å². The lowest BCUT2D eigenvalue weighted by molar-refractivity contribution is -0.205. The lowest BCUT2D eigenvalue weighted by atomic mass is 9.87. The van der Waals surface area contributed by atoms with Crippen molar-refractivity contribution in [2.75, 3.05) is 6.61 Å². The zero-order valence-corrected chi connectivity index (χ0v) is 8.05. The van der Waals surface area contributed by atoms with Crippen LogP contribution in [0.5, 0.6) is 0 Å². The summed E-state index contributed by atoms with van der Waals surface area (Å²) in [6.07, 6.45) is -1.54. The molecule has 1 heterocycles. The molecule has 0 aromatic rings. The first-order valence-corrected chi connectivity index (χ1v) is 4.74. The smallest absolute Gasteiger partial charge is 0.107 e. The topological polar surface area (TPSA) is 69.9 Å². The number of rotatable bonds is 2. The molecule has 0 radical (unpaired) electrons. The molecule has 1 aliphatic rings. The minimum absolute atomic E-state index is 0.200. The van der Waals surface area contributed by atoms with Crippen molar-refractivity contribution in [3.05, 3.63) is 0 Å².